The van der Waals surface area contributed by atoms with Crippen LogP contribution in [0.25, 0.3) is 0 Å². The molecule has 1 amide bonds. The molecule has 1 aliphatic carbocycles. The van der Waals surface area contributed by atoms with Gasteiger partial charge < -0.3 is 10.1 Å². The number of carbonyl (C=O) groups is 1. The van der Waals surface area contributed by atoms with Gasteiger partial charge in [0.25, 0.3) is 0 Å². The SMILES string of the molecule is COc1ccc([C@@H]2C=C[C@@]3(C)C(=O)N[C@H](C)[C@H]3C2c2ccc(Cl)cn2)c(Cl)c1. The van der Waals surface area contributed by atoms with Crippen LogP contribution < -0.4 is 10.1 Å². The predicted molar refractivity (Wildman–Crippen MR) is 111 cm³/mol. The number of fused-ring (bicyclic) bond motifs is 1. The fourth-order valence-electron chi connectivity index (χ4n) is 4.79. The summed E-state index contributed by atoms with van der Waals surface area (Å²) in [7, 11) is 1.62. The molecule has 2 heterocycles. The molecular formula is C22H22Cl2N2O2. The molecule has 2 aliphatic rings. The average Bonchev–Trinajstić information content (AvgIpc) is 2.91. The van der Waals surface area contributed by atoms with Crippen LogP contribution in [-0.2, 0) is 4.79 Å². The molecule has 4 nitrogen and oxygen atoms in total. The number of allylic oxidation sites excluding steroid dienone is 1. The molecule has 0 bridgehead atoms. The van der Waals surface area contributed by atoms with Crippen molar-refractivity contribution in [3.63, 3.8) is 0 Å². The third-order valence-electron chi connectivity index (χ3n) is 6.16. The van der Waals surface area contributed by atoms with Crippen molar-refractivity contribution in [2.24, 2.45) is 11.3 Å². The summed E-state index contributed by atoms with van der Waals surface area (Å²) in [5.41, 5.74) is 1.32. The molecule has 1 N–H and O–H groups in total. The van der Waals surface area contributed by atoms with Crippen molar-refractivity contribution in [1.82, 2.24) is 10.3 Å². The summed E-state index contributed by atoms with van der Waals surface area (Å²) in [6.45, 7) is 4.06. The molecule has 1 aromatic carbocycles. The Morgan fingerprint density at radius 2 is 2.00 bits per heavy atom. The van der Waals surface area contributed by atoms with Crippen LogP contribution in [0.4, 0.5) is 0 Å². The molecule has 146 valence electrons. The fraction of sp³-hybridized carbons (Fsp3) is 0.364. The highest BCUT2D eigenvalue weighted by atomic mass is 35.5. The topological polar surface area (TPSA) is 51.2 Å². The number of hydrogen-bond donors (Lipinski definition) is 1. The Bertz CT molecular complexity index is 944. The number of hydrogen-bond acceptors (Lipinski definition) is 3. The number of ether oxygens (including phenoxy) is 1. The van der Waals surface area contributed by atoms with Crippen molar-refractivity contribution in [2.45, 2.75) is 31.7 Å². The van der Waals surface area contributed by atoms with E-state index in [4.69, 9.17) is 27.9 Å². The molecule has 1 unspecified atom stereocenters. The average molecular weight is 417 g/mol. The summed E-state index contributed by atoms with van der Waals surface area (Å²) in [6, 6.07) is 9.55. The van der Waals surface area contributed by atoms with E-state index in [1.807, 2.05) is 43.3 Å². The maximum atomic E-state index is 12.7. The van der Waals surface area contributed by atoms with E-state index >= 15 is 0 Å². The van der Waals surface area contributed by atoms with E-state index in [9.17, 15) is 4.79 Å². The maximum absolute atomic E-state index is 12.7. The van der Waals surface area contributed by atoms with Crippen LogP contribution in [0.2, 0.25) is 10.0 Å². The Morgan fingerprint density at radius 1 is 1.21 bits per heavy atom. The molecule has 0 saturated carbocycles. The Kier molecular flexibility index (Phi) is 4.88. The molecule has 28 heavy (non-hydrogen) atoms. The highest BCUT2D eigenvalue weighted by Gasteiger charge is 2.56. The minimum atomic E-state index is -0.582. The number of halogens is 2. The summed E-state index contributed by atoms with van der Waals surface area (Å²) < 4.78 is 5.29. The molecule has 1 saturated heterocycles. The summed E-state index contributed by atoms with van der Waals surface area (Å²) >= 11 is 12.7. The summed E-state index contributed by atoms with van der Waals surface area (Å²) in [5.74, 6) is 0.777. The normalized spacial score (nSPS) is 31.4. The standard InChI is InChI=1S/C22H22Cl2N2O2/c1-12-20-19(18-7-4-13(23)11-25-18)16(8-9-22(20,2)21(27)26-12)15-6-5-14(28-3)10-17(15)24/h4-12,16,19-20H,1-3H3,(H,26,27)/t12-,16+,19?,20+,22-/m1/s1. The monoisotopic (exact) mass is 416 g/mol. The first-order valence-electron chi connectivity index (χ1n) is 9.30. The van der Waals surface area contributed by atoms with Crippen LogP contribution >= 0.6 is 23.2 Å². The third kappa shape index (κ3) is 2.99. The van der Waals surface area contributed by atoms with E-state index in [0.29, 0.717) is 15.8 Å². The lowest BCUT2D eigenvalue weighted by Gasteiger charge is -2.42. The first-order chi connectivity index (χ1) is 13.3. The first kappa shape index (κ1) is 19.3. The summed E-state index contributed by atoms with van der Waals surface area (Å²) in [5, 5.41) is 4.35. The minimum absolute atomic E-state index is 0.0136. The first-order valence-corrected chi connectivity index (χ1v) is 10.1. The lowest BCUT2D eigenvalue weighted by atomic mass is 9.60. The van der Waals surface area contributed by atoms with E-state index in [-0.39, 0.29) is 29.7 Å². The Hall–Kier alpha value is -2.04. The molecule has 1 aromatic heterocycles. The Labute approximate surface area is 174 Å². The van der Waals surface area contributed by atoms with Crippen LogP contribution in [0.1, 0.15) is 36.9 Å². The van der Waals surface area contributed by atoms with Gasteiger partial charge in [-0.25, -0.2) is 0 Å². The van der Waals surface area contributed by atoms with E-state index in [0.717, 1.165) is 11.3 Å². The summed E-state index contributed by atoms with van der Waals surface area (Å²) in [4.78, 5) is 17.3. The van der Waals surface area contributed by atoms with Crippen molar-refractivity contribution in [3.8, 4) is 5.75 Å². The van der Waals surface area contributed by atoms with Gasteiger partial charge in [-0.15, -0.1) is 0 Å². The van der Waals surface area contributed by atoms with Gasteiger partial charge in [0.1, 0.15) is 5.75 Å². The number of amides is 1. The van der Waals surface area contributed by atoms with Crippen LogP contribution in [0.3, 0.4) is 0 Å². The molecule has 4 rings (SSSR count). The van der Waals surface area contributed by atoms with E-state index in [1.165, 1.54) is 0 Å². The highest BCUT2D eigenvalue weighted by Crippen LogP contribution is 2.55. The number of rotatable bonds is 3. The largest absolute Gasteiger partial charge is 0.497 e. The van der Waals surface area contributed by atoms with Crippen molar-refractivity contribution >= 4 is 29.1 Å². The van der Waals surface area contributed by atoms with Gasteiger partial charge in [-0.1, -0.05) is 41.4 Å². The molecule has 5 atom stereocenters. The van der Waals surface area contributed by atoms with Gasteiger partial charge in [-0.3, -0.25) is 9.78 Å². The van der Waals surface area contributed by atoms with Crippen LogP contribution in [0.15, 0.2) is 48.7 Å². The van der Waals surface area contributed by atoms with Gasteiger partial charge in [-0.05, 0) is 43.7 Å². The van der Waals surface area contributed by atoms with Gasteiger partial charge in [0, 0.05) is 40.7 Å². The van der Waals surface area contributed by atoms with Gasteiger partial charge in [0.15, 0.2) is 0 Å². The van der Waals surface area contributed by atoms with Crippen molar-refractivity contribution in [2.75, 3.05) is 7.11 Å². The highest BCUT2D eigenvalue weighted by molar-refractivity contribution is 6.31. The second kappa shape index (κ2) is 7.09. The predicted octanol–water partition coefficient (Wildman–Crippen LogP) is 4.98. The zero-order valence-electron chi connectivity index (χ0n) is 15.9. The number of aromatic nitrogens is 1. The second-order valence-electron chi connectivity index (χ2n) is 7.77. The molecule has 0 spiro atoms. The lowest BCUT2D eigenvalue weighted by molar-refractivity contribution is -0.126. The lowest BCUT2D eigenvalue weighted by Crippen LogP contribution is -2.39. The zero-order valence-corrected chi connectivity index (χ0v) is 17.5. The Morgan fingerprint density at radius 3 is 2.64 bits per heavy atom. The van der Waals surface area contributed by atoms with E-state index in [1.54, 1.807) is 13.3 Å². The van der Waals surface area contributed by atoms with Gasteiger partial charge in [-0.2, -0.15) is 0 Å². The Balaban J connectivity index is 1.88. The van der Waals surface area contributed by atoms with E-state index in [2.05, 4.69) is 23.3 Å². The summed E-state index contributed by atoms with van der Waals surface area (Å²) in [6.07, 6.45) is 5.80. The fourth-order valence-corrected chi connectivity index (χ4v) is 5.20. The van der Waals surface area contributed by atoms with Crippen molar-refractivity contribution in [3.05, 3.63) is 70.0 Å². The molecule has 6 heteroatoms. The second-order valence-corrected chi connectivity index (χ2v) is 8.61. The number of nitrogens with one attached hydrogen (secondary N) is 1. The van der Waals surface area contributed by atoms with Gasteiger partial charge in [0.05, 0.1) is 17.5 Å². The van der Waals surface area contributed by atoms with E-state index < -0.39 is 5.41 Å². The smallest absolute Gasteiger partial charge is 0.230 e. The van der Waals surface area contributed by atoms with Gasteiger partial charge in [0.2, 0.25) is 5.91 Å². The number of nitrogens with zero attached hydrogens (tertiary/aromatic N) is 1. The number of methoxy groups -OCH3 is 1. The van der Waals surface area contributed by atoms with Crippen molar-refractivity contribution in [1.29, 1.82) is 0 Å². The maximum Gasteiger partial charge on any atom is 0.230 e. The number of pyridine rings is 1. The van der Waals surface area contributed by atoms with Crippen molar-refractivity contribution < 1.29 is 9.53 Å². The molecule has 1 aliphatic heterocycles. The molecular weight excluding hydrogens is 395 g/mol. The van der Waals surface area contributed by atoms with Crippen LogP contribution in [-0.4, -0.2) is 24.0 Å². The molecule has 1 fully saturated rings. The van der Waals surface area contributed by atoms with Crippen LogP contribution in [0, 0.1) is 11.3 Å². The molecule has 0 radical (unpaired) electrons. The zero-order chi connectivity index (χ0) is 20.1. The minimum Gasteiger partial charge on any atom is -0.497 e. The van der Waals surface area contributed by atoms with Crippen LogP contribution in [0.5, 0.6) is 5.75 Å². The number of benzene rings is 1. The number of carbonyl (C=O) groups excluding carboxylic acids is 1. The quantitative estimate of drug-likeness (QED) is 0.718. The third-order valence-corrected chi connectivity index (χ3v) is 6.71. The van der Waals surface area contributed by atoms with Gasteiger partial charge >= 0.3 is 0 Å². The molecule has 2 aromatic rings.